The monoisotopic (exact) mass is 248 g/mol. The summed E-state index contributed by atoms with van der Waals surface area (Å²) in [4.78, 5) is 0. The van der Waals surface area contributed by atoms with Crippen LogP contribution in [0.25, 0.3) is 11.0 Å². The van der Waals surface area contributed by atoms with Crippen LogP contribution in [0.2, 0.25) is 0 Å². The highest BCUT2D eigenvalue weighted by Crippen LogP contribution is 2.32. The second kappa shape index (κ2) is 5.10. The van der Waals surface area contributed by atoms with Crippen molar-refractivity contribution in [3.63, 3.8) is 0 Å². The minimum atomic E-state index is -0.433. The van der Waals surface area contributed by atoms with E-state index < -0.39 is 5.60 Å². The highest BCUT2D eigenvalue weighted by atomic mass is 16.5. The van der Waals surface area contributed by atoms with Gasteiger partial charge >= 0.3 is 0 Å². The maximum Gasteiger partial charge on any atom is 0.134 e. The fraction of sp³-hybridized carbons (Fsp3) is 0.429. The lowest BCUT2D eigenvalue weighted by molar-refractivity contribution is -0.0437. The maximum atomic E-state index is 5.83. The standard InChI is InChI=1S/C14H20N2O2/c1-4-17-14(2,3)13(16-15)12-9-10-7-5-6-8-11(10)18-12/h5-9,13,16H,4,15H2,1-3H3. The molecule has 0 amide bonds. The zero-order chi connectivity index (χ0) is 13.2. The summed E-state index contributed by atoms with van der Waals surface area (Å²) in [6.45, 7) is 6.59. The summed E-state index contributed by atoms with van der Waals surface area (Å²) in [6, 6.07) is 9.71. The second-order valence-corrected chi connectivity index (χ2v) is 4.82. The fourth-order valence-corrected chi connectivity index (χ4v) is 2.23. The molecule has 0 aliphatic heterocycles. The highest BCUT2D eigenvalue weighted by molar-refractivity contribution is 5.77. The molecule has 2 aromatic rings. The highest BCUT2D eigenvalue weighted by Gasteiger charge is 2.33. The summed E-state index contributed by atoms with van der Waals surface area (Å²) in [7, 11) is 0. The van der Waals surface area contributed by atoms with Gasteiger partial charge in [0.25, 0.3) is 0 Å². The first kappa shape index (κ1) is 13.1. The van der Waals surface area contributed by atoms with Crippen LogP contribution in [0.3, 0.4) is 0 Å². The number of fused-ring (bicyclic) bond motifs is 1. The van der Waals surface area contributed by atoms with Gasteiger partial charge in [0.2, 0.25) is 0 Å². The number of para-hydroxylation sites is 1. The zero-order valence-corrected chi connectivity index (χ0v) is 11.1. The molecule has 4 heteroatoms. The Hall–Kier alpha value is -1.36. The van der Waals surface area contributed by atoms with Crippen molar-refractivity contribution in [2.24, 2.45) is 5.84 Å². The van der Waals surface area contributed by atoms with E-state index in [0.29, 0.717) is 6.61 Å². The number of rotatable bonds is 5. The molecular formula is C14H20N2O2. The molecule has 0 aliphatic carbocycles. The third-order valence-electron chi connectivity index (χ3n) is 3.11. The van der Waals surface area contributed by atoms with Gasteiger partial charge in [-0.1, -0.05) is 18.2 Å². The first-order valence-corrected chi connectivity index (χ1v) is 6.17. The Labute approximate surface area is 107 Å². The van der Waals surface area contributed by atoms with Gasteiger partial charge in [0.1, 0.15) is 17.4 Å². The molecule has 0 radical (unpaired) electrons. The van der Waals surface area contributed by atoms with Crippen LogP contribution in [-0.4, -0.2) is 12.2 Å². The molecule has 18 heavy (non-hydrogen) atoms. The average molecular weight is 248 g/mol. The molecule has 4 nitrogen and oxygen atoms in total. The van der Waals surface area contributed by atoms with E-state index in [0.717, 1.165) is 16.7 Å². The van der Waals surface area contributed by atoms with Crippen LogP contribution >= 0.6 is 0 Å². The van der Waals surface area contributed by atoms with Crippen LogP contribution in [0.4, 0.5) is 0 Å². The van der Waals surface area contributed by atoms with E-state index in [1.54, 1.807) is 0 Å². The number of nitrogens with two attached hydrogens (primary N) is 1. The van der Waals surface area contributed by atoms with Crippen LogP contribution in [0.15, 0.2) is 34.7 Å². The molecule has 0 spiro atoms. The van der Waals surface area contributed by atoms with Crippen molar-refractivity contribution < 1.29 is 9.15 Å². The Morgan fingerprint density at radius 3 is 2.72 bits per heavy atom. The SMILES string of the molecule is CCOC(C)(C)C(NN)c1cc2ccccc2o1. The number of hydrazine groups is 1. The van der Waals surface area contributed by atoms with Crippen LogP contribution in [0, 0.1) is 0 Å². The predicted molar refractivity (Wildman–Crippen MR) is 72.0 cm³/mol. The van der Waals surface area contributed by atoms with Crippen molar-refractivity contribution in [1.29, 1.82) is 0 Å². The van der Waals surface area contributed by atoms with E-state index in [4.69, 9.17) is 15.0 Å². The fourth-order valence-electron chi connectivity index (χ4n) is 2.23. The van der Waals surface area contributed by atoms with Crippen molar-refractivity contribution in [3.05, 3.63) is 36.1 Å². The summed E-state index contributed by atoms with van der Waals surface area (Å²) in [6.07, 6.45) is 0. The van der Waals surface area contributed by atoms with Crippen molar-refractivity contribution in [3.8, 4) is 0 Å². The molecule has 2 rings (SSSR count). The minimum absolute atomic E-state index is 0.190. The van der Waals surface area contributed by atoms with Crippen molar-refractivity contribution >= 4 is 11.0 Å². The molecule has 0 aliphatic rings. The van der Waals surface area contributed by atoms with E-state index in [-0.39, 0.29) is 6.04 Å². The predicted octanol–water partition coefficient (Wildman–Crippen LogP) is 2.75. The molecular weight excluding hydrogens is 228 g/mol. The zero-order valence-electron chi connectivity index (χ0n) is 11.1. The van der Waals surface area contributed by atoms with Crippen molar-refractivity contribution in [2.45, 2.75) is 32.4 Å². The van der Waals surface area contributed by atoms with E-state index in [9.17, 15) is 0 Å². The summed E-state index contributed by atoms with van der Waals surface area (Å²) in [5.74, 6) is 6.44. The topological polar surface area (TPSA) is 60.4 Å². The summed E-state index contributed by atoms with van der Waals surface area (Å²) in [5.41, 5.74) is 3.21. The Morgan fingerprint density at radius 1 is 1.39 bits per heavy atom. The molecule has 0 saturated heterocycles. The Bertz CT molecular complexity index is 486. The molecule has 1 heterocycles. The number of hydrogen-bond donors (Lipinski definition) is 2. The molecule has 1 atom stereocenters. The normalized spacial score (nSPS) is 14.0. The number of nitrogens with one attached hydrogen (secondary N) is 1. The van der Waals surface area contributed by atoms with Gasteiger partial charge in [-0.15, -0.1) is 0 Å². The summed E-state index contributed by atoms with van der Waals surface area (Å²) >= 11 is 0. The van der Waals surface area contributed by atoms with Crippen LogP contribution in [0.5, 0.6) is 0 Å². The summed E-state index contributed by atoms with van der Waals surface area (Å²) < 4.78 is 11.6. The lowest BCUT2D eigenvalue weighted by atomic mass is 9.96. The molecule has 1 unspecified atom stereocenters. The molecule has 0 bridgehead atoms. The molecule has 98 valence electrons. The second-order valence-electron chi connectivity index (χ2n) is 4.82. The quantitative estimate of drug-likeness (QED) is 0.631. The third kappa shape index (κ3) is 2.41. The van der Waals surface area contributed by atoms with E-state index in [1.165, 1.54) is 0 Å². The van der Waals surface area contributed by atoms with Gasteiger partial charge < -0.3 is 9.15 Å². The van der Waals surface area contributed by atoms with Gasteiger partial charge in [0, 0.05) is 12.0 Å². The smallest absolute Gasteiger partial charge is 0.134 e. The van der Waals surface area contributed by atoms with E-state index in [1.807, 2.05) is 51.1 Å². The van der Waals surface area contributed by atoms with Gasteiger partial charge in [0.15, 0.2) is 0 Å². The largest absolute Gasteiger partial charge is 0.459 e. The lowest BCUT2D eigenvalue weighted by Crippen LogP contribution is -2.44. The van der Waals surface area contributed by atoms with Gasteiger partial charge in [-0.3, -0.25) is 5.84 Å². The number of furan rings is 1. The van der Waals surface area contributed by atoms with E-state index in [2.05, 4.69) is 5.43 Å². The van der Waals surface area contributed by atoms with Crippen LogP contribution in [-0.2, 0) is 4.74 Å². The van der Waals surface area contributed by atoms with Crippen LogP contribution in [0.1, 0.15) is 32.6 Å². The Morgan fingerprint density at radius 2 is 2.11 bits per heavy atom. The molecule has 0 fully saturated rings. The molecule has 0 saturated carbocycles. The van der Waals surface area contributed by atoms with E-state index >= 15 is 0 Å². The molecule has 1 aromatic heterocycles. The minimum Gasteiger partial charge on any atom is -0.459 e. The van der Waals surface area contributed by atoms with Gasteiger partial charge in [-0.25, -0.2) is 5.43 Å². The van der Waals surface area contributed by atoms with Crippen molar-refractivity contribution in [2.75, 3.05) is 6.61 Å². The van der Waals surface area contributed by atoms with Gasteiger partial charge in [-0.2, -0.15) is 0 Å². The van der Waals surface area contributed by atoms with Crippen LogP contribution < -0.4 is 11.3 Å². The Balaban J connectivity index is 2.37. The molecule has 3 N–H and O–H groups in total. The Kier molecular flexibility index (Phi) is 3.71. The summed E-state index contributed by atoms with van der Waals surface area (Å²) in [5, 5.41) is 1.07. The first-order chi connectivity index (χ1) is 8.58. The maximum absolute atomic E-state index is 5.83. The lowest BCUT2D eigenvalue weighted by Gasteiger charge is -2.32. The van der Waals surface area contributed by atoms with Gasteiger partial charge in [0.05, 0.1) is 5.60 Å². The average Bonchev–Trinajstić information content (AvgIpc) is 2.72. The molecule has 1 aromatic carbocycles. The first-order valence-electron chi connectivity index (χ1n) is 6.17. The van der Waals surface area contributed by atoms with Gasteiger partial charge in [-0.05, 0) is 32.9 Å². The number of hydrogen-bond acceptors (Lipinski definition) is 4. The number of benzene rings is 1. The third-order valence-corrected chi connectivity index (χ3v) is 3.11. The number of ether oxygens (including phenoxy) is 1. The van der Waals surface area contributed by atoms with Crippen molar-refractivity contribution in [1.82, 2.24) is 5.43 Å².